The second kappa shape index (κ2) is 8.75. The van der Waals surface area contributed by atoms with Crippen molar-refractivity contribution in [2.45, 2.75) is 70.7 Å². The van der Waals surface area contributed by atoms with Crippen molar-refractivity contribution in [1.82, 2.24) is 19.9 Å². The van der Waals surface area contributed by atoms with Gasteiger partial charge in [0.05, 0.1) is 33.8 Å². The number of hydrogen-bond donors (Lipinski definition) is 5. The molecular formula is C23H30N6O3S. The summed E-state index contributed by atoms with van der Waals surface area (Å²) in [5, 5.41) is 38.0. The van der Waals surface area contributed by atoms with Crippen LogP contribution < -0.4 is 10.6 Å². The number of aliphatic hydroxyl groups is 3. The van der Waals surface area contributed by atoms with Gasteiger partial charge in [-0.1, -0.05) is 0 Å². The summed E-state index contributed by atoms with van der Waals surface area (Å²) in [6, 6.07) is 1.96. The van der Waals surface area contributed by atoms with E-state index in [2.05, 4.69) is 15.6 Å². The Bertz CT molecular complexity index is 1180. The van der Waals surface area contributed by atoms with Crippen LogP contribution in [0.4, 0.5) is 11.8 Å². The Morgan fingerprint density at radius 2 is 1.79 bits per heavy atom. The number of aliphatic hydroxyl groups excluding tert-OH is 3. The second-order valence-corrected chi connectivity index (χ2v) is 10.3. The molecule has 3 heterocycles. The van der Waals surface area contributed by atoms with Gasteiger partial charge < -0.3 is 26.0 Å². The Balaban J connectivity index is 1.57. The fraction of sp³-hybridized carbons (Fsp3) is 0.565. The van der Waals surface area contributed by atoms with E-state index in [9.17, 15) is 15.3 Å². The van der Waals surface area contributed by atoms with Gasteiger partial charge in [0.2, 0.25) is 5.95 Å². The maximum atomic E-state index is 10.6. The van der Waals surface area contributed by atoms with E-state index in [0.717, 1.165) is 50.7 Å². The zero-order valence-corrected chi connectivity index (χ0v) is 19.9. The Hall–Kier alpha value is -2.40. The van der Waals surface area contributed by atoms with Gasteiger partial charge in [-0.2, -0.15) is 4.98 Å². The Labute approximate surface area is 196 Å². The average Bonchev–Trinajstić information content (AvgIpc) is 3.27. The predicted octanol–water partition coefficient (Wildman–Crippen LogP) is 2.55. The number of pyridine rings is 1. The maximum Gasteiger partial charge on any atom is 0.225 e. The quantitative estimate of drug-likeness (QED) is 0.368. The highest BCUT2D eigenvalue weighted by Gasteiger charge is 2.41. The molecule has 2 fully saturated rings. The molecule has 0 radical (unpaired) electrons. The number of aromatic nitrogens is 4. The molecular weight excluding hydrogens is 440 g/mol. The van der Waals surface area contributed by atoms with Crippen molar-refractivity contribution in [2.24, 2.45) is 5.92 Å². The Morgan fingerprint density at radius 1 is 1.00 bits per heavy atom. The molecule has 3 aromatic heterocycles. The summed E-state index contributed by atoms with van der Waals surface area (Å²) in [7, 11) is 0. The van der Waals surface area contributed by atoms with Crippen molar-refractivity contribution >= 4 is 33.3 Å². The molecule has 10 heteroatoms. The number of anilines is 2. The van der Waals surface area contributed by atoms with Crippen LogP contribution in [0.25, 0.3) is 20.8 Å². The first-order valence-electron chi connectivity index (χ1n) is 11.5. The van der Waals surface area contributed by atoms with Gasteiger partial charge >= 0.3 is 0 Å². The van der Waals surface area contributed by atoms with E-state index in [1.54, 1.807) is 11.3 Å². The standard InChI is InChI=1S/C23H30N6O3S/c1-10-7-16-18(12(3)24-10)28-22(33-16)17-11(2)25-23(26-14-5-4-6-14)29-21(17)27-15-8-13(9-30)19(31)20(15)32/h7,13-15,19-20,30-32H,4-6,8-9H2,1-3H3,(H2,25,26,27,29)/t13-,15-,19-,20+/m1/s1. The second-order valence-electron chi connectivity index (χ2n) is 9.25. The van der Waals surface area contributed by atoms with Crippen LogP contribution in [-0.2, 0) is 0 Å². The molecule has 0 aliphatic heterocycles. The highest BCUT2D eigenvalue weighted by atomic mass is 32.1. The molecule has 0 aromatic carbocycles. The molecule has 5 rings (SSSR count). The lowest BCUT2D eigenvalue weighted by atomic mass is 9.93. The minimum Gasteiger partial charge on any atom is -0.396 e. The molecule has 0 unspecified atom stereocenters. The fourth-order valence-electron chi connectivity index (χ4n) is 4.69. The SMILES string of the molecule is Cc1cc2sc(-c3c(C)nc(NC4CCC4)nc3N[C@@H]3C[C@H](CO)[C@@H](O)[C@H]3O)nc2c(C)n1. The van der Waals surface area contributed by atoms with Crippen LogP contribution in [0.2, 0.25) is 0 Å². The van der Waals surface area contributed by atoms with Gasteiger partial charge in [-0.3, -0.25) is 4.98 Å². The monoisotopic (exact) mass is 470 g/mol. The highest BCUT2D eigenvalue weighted by Crippen LogP contribution is 2.39. The largest absolute Gasteiger partial charge is 0.396 e. The number of hydrogen-bond acceptors (Lipinski definition) is 10. The number of nitrogens with zero attached hydrogens (tertiary/aromatic N) is 4. The third-order valence-electron chi connectivity index (χ3n) is 6.78. The third kappa shape index (κ3) is 4.16. The zero-order valence-electron chi connectivity index (χ0n) is 19.0. The normalized spacial score (nSPS) is 25.4. The summed E-state index contributed by atoms with van der Waals surface area (Å²) in [6.45, 7) is 5.69. The van der Waals surface area contributed by atoms with E-state index in [4.69, 9.17) is 15.0 Å². The number of fused-ring (bicyclic) bond motifs is 1. The van der Waals surface area contributed by atoms with Crippen molar-refractivity contribution in [2.75, 3.05) is 17.2 Å². The van der Waals surface area contributed by atoms with E-state index in [1.165, 1.54) is 6.42 Å². The van der Waals surface area contributed by atoms with Crippen LogP contribution in [0.1, 0.15) is 42.8 Å². The predicted molar refractivity (Wildman–Crippen MR) is 129 cm³/mol. The third-order valence-corrected chi connectivity index (χ3v) is 7.80. The van der Waals surface area contributed by atoms with Crippen LogP contribution in [0.15, 0.2) is 6.07 Å². The minimum absolute atomic E-state index is 0.177. The van der Waals surface area contributed by atoms with Gasteiger partial charge in [0.1, 0.15) is 22.4 Å². The first-order valence-corrected chi connectivity index (χ1v) is 12.3. The van der Waals surface area contributed by atoms with Crippen LogP contribution >= 0.6 is 11.3 Å². The number of aryl methyl sites for hydroxylation is 3. The van der Waals surface area contributed by atoms with Crippen molar-refractivity contribution in [1.29, 1.82) is 0 Å². The molecule has 0 saturated heterocycles. The van der Waals surface area contributed by atoms with Crippen LogP contribution in [0.3, 0.4) is 0 Å². The lowest BCUT2D eigenvalue weighted by Crippen LogP contribution is -2.36. The summed E-state index contributed by atoms with van der Waals surface area (Å²) in [5.41, 5.74) is 4.24. The van der Waals surface area contributed by atoms with E-state index >= 15 is 0 Å². The number of thiazole rings is 1. The molecule has 9 nitrogen and oxygen atoms in total. The van der Waals surface area contributed by atoms with Gasteiger partial charge in [0, 0.05) is 24.3 Å². The van der Waals surface area contributed by atoms with Crippen molar-refractivity contribution in [3.05, 3.63) is 23.1 Å². The van der Waals surface area contributed by atoms with Crippen molar-refractivity contribution in [3.8, 4) is 10.6 Å². The summed E-state index contributed by atoms with van der Waals surface area (Å²) in [6.07, 6.45) is 1.86. The molecule has 2 aliphatic rings. The van der Waals surface area contributed by atoms with Gasteiger partial charge in [-0.25, -0.2) is 9.97 Å². The van der Waals surface area contributed by atoms with Crippen LogP contribution in [0, 0.1) is 26.7 Å². The lowest BCUT2D eigenvalue weighted by molar-refractivity contribution is 0.00446. The first-order chi connectivity index (χ1) is 15.8. The molecule has 0 amide bonds. The maximum absolute atomic E-state index is 10.6. The Kier molecular flexibility index (Phi) is 5.94. The van der Waals surface area contributed by atoms with E-state index in [1.807, 2.05) is 26.8 Å². The van der Waals surface area contributed by atoms with Gasteiger partial charge in [0.15, 0.2) is 0 Å². The average molecular weight is 471 g/mol. The van der Waals surface area contributed by atoms with Crippen LogP contribution in [0.5, 0.6) is 0 Å². The molecule has 0 bridgehead atoms. The molecule has 2 saturated carbocycles. The molecule has 176 valence electrons. The highest BCUT2D eigenvalue weighted by molar-refractivity contribution is 7.21. The van der Waals surface area contributed by atoms with E-state index < -0.39 is 18.2 Å². The number of rotatable bonds is 6. The number of nitrogens with one attached hydrogen (secondary N) is 2. The summed E-state index contributed by atoms with van der Waals surface area (Å²) in [4.78, 5) is 18.9. The molecule has 33 heavy (non-hydrogen) atoms. The zero-order chi connectivity index (χ0) is 23.3. The molecule has 5 N–H and O–H groups in total. The van der Waals surface area contributed by atoms with E-state index in [-0.39, 0.29) is 12.5 Å². The van der Waals surface area contributed by atoms with E-state index in [0.29, 0.717) is 24.2 Å². The molecule has 2 aliphatic carbocycles. The Morgan fingerprint density at radius 3 is 2.45 bits per heavy atom. The van der Waals surface area contributed by atoms with Gasteiger partial charge in [-0.15, -0.1) is 11.3 Å². The van der Waals surface area contributed by atoms with Gasteiger partial charge in [0.25, 0.3) is 0 Å². The fourth-order valence-corrected chi connectivity index (χ4v) is 5.90. The lowest BCUT2D eigenvalue weighted by Gasteiger charge is -2.27. The molecule has 4 atom stereocenters. The summed E-state index contributed by atoms with van der Waals surface area (Å²) in [5.74, 6) is 0.737. The van der Waals surface area contributed by atoms with Crippen molar-refractivity contribution < 1.29 is 15.3 Å². The molecule has 0 spiro atoms. The smallest absolute Gasteiger partial charge is 0.225 e. The van der Waals surface area contributed by atoms with Crippen molar-refractivity contribution in [3.63, 3.8) is 0 Å². The first kappa shape index (κ1) is 22.4. The van der Waals surface area contributed by atoms with Crippen LogP contribution in [-0.4, -0.2) is 66.2 Å². The topological polar surface area (TPSA) is 136 Å². The van der Waals surface area contributed by atoms with Gasteiger partial charge in [-0.05, 0) is 52.5 Å². The summed E-state index contributed by atoms with van der Waals surface area (Å²) < 4.78 is 1.05. The minimum atomic E-state index is -1.00. The summed E-state index contributed by atoms with van der Waals surface area (Å²) >= 11 is 1.56. The molecule has 3 aromatic rings.